The van der Waals surface area contributed by atoms with Crippen molar-refractivity contribution in [3.05, 3.63) is 22.8 Å². The van der Waals surface area contributed by atoms with E-state index in [1.54, 1.807) is 6.07 Å². The summed E-state index contributed by atoms with van der Waals surface area (Å²) in [7, 11) is 0. The van der Waals surface area contributed by atoms with E-state index in [1.807, 2.05) is 19.9 Å². The van der Waals surface area contributed by atoms with E-state index >= 15 is 0 Å². The van der Waals surface area contributed by atoms with Crippen LogP contribution in [0.5, 0.6) is 0 Å². The van der Waals surface area contributed by atoms with E-state index in [2.05, 4.69) is 16.2 Å². The van der Waals surface area contributed by atoms with Gasteiger partial charge in [-0.05, 0) is 19.9 Å². The summed E-state index contributed by atoms with van der Waals surface area (Å²) in [4.78, 5) is 4.03. The first-order valence-corrected chi connectivity index (χ1v) is 4.68. The summed E-state index contributed by atoms with van der Waals surface area (Å²) in [6.07, 6.45) is 6.84. The number of nitriles is 1. The molecule has 76 valence electrons. The molecule has 3 nitrogen and oxygen atoms in total. The molecule has 0 aromatic carbocycles. The van der Waals surface area contributed by atoms with Crippen LogP contribution in [-0.4, -0.2) is 10.5 Å². The number of nitrogens with one attached hydrogen (secondary N) is 1. The lowest BCUT2D eigenvalue weighted by molar-refractivity contribution is 0.736. The third-order valence-electron chi connectivity index (χ3n) is 1.80. The Labute approximate surface area is 94.1 Å². The molecule has 1 aromatic rings. The van der Waals surface area contributed by atoms with Crippen molar-refractivity contribution in [1.29, 1.82) is 5.26 Å². The smallest absolute Gasteiger partial charge is 0.147 e. The maximum atomic E-state index is 8.77. The molecule has 0 amide bonds. The van der Waals surface area contributed by atoms with Crippen molar-refractivity contribution in [2.45, 2.75) is 19.4 Å². The van der Waals surface area contributed by atoms with Gasteiger partial charge in [0, 0.05) is 6.20 Å². The van der Waals surface area contributed by atoms with Crippen LogP contribution in [-0.2, 0) is 0 Å². The van der Waals surface area contributed by atoms with E-state index in [4.69, 9.17) is 23.3 Å². The van der Waals surface area contributed by atoms with Crippen LogP contribution >= 0.6 is 11.6 Å². The molecule has 0 spiro atoms. The van der Waals surface area contributed by atoms with Crippen LogP contribution in [0.3, 0.4) is 0 Å². The van der Waals surface area contributed by atoms with Gasteiger partial charge >= 0.3 is 0 Å². The van der Waals surface area contributed by atoms with Crippen molar-refractivity contribution < 1.29 is 0 Å². The lowest BCUT2D eigenvalue weighted by Crippen LogP contribution is -2.29. The summed E-state index contributed by atoms with van der Waals surface area (Å²) >= 11 is 5.96. The number of hydrogen-bond donors (Lipinski definition) is 1. The maximum absolute atomic E-state index is 8.77. The molecule has 0 unspecified atom stereocenters. The van der Waals surface area contributed by atoms with Crippen molar-refractivity contribution in [2.75, 3.05) is 5.32 Å². The average molecular weight is 220 g/mol. The second-order valence-corrected chi connectivity index (χ2v) is 3.91. The van der Waals surface area contributed by atoms with Crippen LogP contribution in [0.25, 0.3) is 0 Å². The molecule has 0 atom stereocenters. The van der Waals surface area contributed by atoms with Crippen molar-refractivity contribution in [3.63, 3.8) is 0 Å². The molecule has 0 saturated heterocycles. The quantitative estimate of drug-likeness (QED) is 0.778. The Balaban J connectivity index is 3.09. The molecule has 0 aliphatic rings. The number of nitrogens with zero attached hydrogens (tertiary/aromatic N) is 2. The summed E-state index contributed by atoms with van der Waals surface area (Å²) in [5.74, 6) is 2.99. The van der Waals surface area contributed by atoms with E-state index in [-0.39, 0.29) is 0 Å². The molecular weight excluding hydrogens is 210 g/mol. The number of hydrogen-bond acceptors (Lipinski definition) is 3. The van der Waals surface area contributed by atoms with Crippen LogP contribution in [0.4, 0.5) is 5.82 Å². The summed E-state index contributed by atoms with van der Waals surface area (Å²) in [6, 6.07) is 3.53. The topological polar surface area (TPSA) is 48.7 Å². The predicted octanol–water partition coefficient (Wildman–Crippen LogP) is 2.43. The van der Waals surface area contributed by atoms with Gasteiger partial charge in [-0.15, -0.1) is 6.42 Å². The molecular formula is C11H10ClN3. The maximum Gasteiger partial charge on any atom is 0.147 e. The number of rotatable bonds is 2. The number of terminal acetylenes is 1. The highest BCUT2D eigenvalue weighted by atomic mass is 35.5. The fourth-order valence-corrected chi connectivity index (χ4v) is 1.15. The molecule has 1 aromatic heterocycles. The lowest BCUT2D eigenvalue weighted by atomic mass is 10.1. The van der Waals surface area contributed by atoms with Crippen LogP contribution in [0.15, 0.2) is 12.3 Å². The molecule has 0 radical (unpaired) electrons. The van der Waals surface area contributed by atoms with E-state index in [9.17, 15) is 0 Å². The second kappa shape index (κ2) is 4.21. The van der Waals surface area contributed by atoms with Crippen molar-refractivity contribution in [1.82, 2.24) is 4.98 Å². The third-order valence-corrected chi connectivity index (χ3v) is 2.18. The number of halogens is 1. The Hall–Kier alpha value is -1.71. The molecule has 1 heterocycles. The van der Waals surface area contributed by atoms with Crippen LogP contribution in [0, 0.1) is 23.7 Å². The van der Waals surface area contributed by atoms with Crippen molar-refractivity contribution >= 4 is 17.4 Å². The Morgan fingerprint density at radius 2 is 2.27 bits per heavy atom. The molecule has 1 N–H and O–H groups in total. The van der Waals surface area contributed by atoms with Gasteiger partial charge in [-0.25, -0.2) is 4.98 Å². The van der Waals surface area contributed by atoms with Gasteiger partial charge in [0.25, 0.3) is 0 Å². The SMILES string of the molecule is C#CC(C)(C)Nc1nccc(C#N)c1Cl. The zero-order chi connectivity index (χ0) is 11.5. The van der Waals surface area contributed by atoms with Gasteiger partial charge < -0.3 is 5.32 Å². The summed E-state index contributed by atoms with van der Waals surface area (Å²) < 4.78 is 0. The molecule has 0 aliphatic heterocycles. The van der Waals surface area contributed by atoms with Gasteiger partial charge in [0.2, 0.25) is 0 Å². The van der Waals surface area contributed by atoms with Crippen molar-refractivity contribution in [3.8, 4) is 18.4 Å². The van der Waals surface area contributed by atoms with Gasteiger partial charge in [0.1, 0.15) is 16.9 Å². The molecule has 0 saturated carbocycles. The van der Waals surface area contributed by atoms with Crippen LogP contribution in [0.1, 0.15) is 19.4 Å². The summed E-state index contributed by atoms with van der Waals surface area (Å²) in [6.45, 7) is 3.65. The average Bonchev–Trinajstić information content (AvgIpc) is 2.21. The Bertz CT molecular complexity index is 452. The largest absolute Gasteiger partial charge is 0.353 e. The minimum atomic E-state index is -0.551. The van der Waals surface area contributed by atoms with Gasteiger partial charge in [-0.3, -0.25) is 0 Å². The number of pyridine rings is 1. The van der Waals surface area contributed by atoms with Gasteiger partial charge in [-0.1, -0.05) is 17.5 Å². The van der Waals surface area contributed by atoms with Gasteiger partial charge in [0.15, 0.2) is 0 Å². The molecule has 4 heteroatoms. The highest BCUT2D eigenvalue weighted by Crippen LogP contribution is 2.25. The van der Waals surface area contributed by atoms with Crippen LogP contribution in [0.2, 0.25) is 5.02 Å². The van der Waals surface area contributed by atoms with E-state index in [0.717, 1.165) is 0 Å². The summed E-state index contributed by atoms with van der Waals surface area (Å²) in [5, 5.41) is 12.0. The zero-order valence-corrected chi connectivity index (χ0v) is 9.26. The first-order chi connectivity index (χ1) is 7.00. The first kappa shape index (κ1) is 11.4. The predicted molar refractivity (Wildman–Crippen MR) is 60.5 cm³/mol. The molecule has 0 bridgehead atoms. The highest BCUT2D eigenvalue weighted by molar-refractivity contribution is 6.34. The number of anilines is 1. The van der Waals surface area contributed by atoms with E-state index in [1.165, 1.54) is 6.20 Å². The highest BCUT2D eigenvalue weighted by Gasteiger charge is 2.16. The number of aromatic nitrogens is 1. The Morgan fingerprint density at radius 1 is 1.60 bits per heavy atom. The molecule has 15 heavy (non-hydrogen) atoms. The van der Waals surface area contributed by atoms with Gasteiger partial charge in [-0.2, -0.15) is 5.26 Å². The van der Waals surface area contributed by atoms with Gasteiger partial charge in [0.05, 0.1) is 11.1 Å². The minimum absolute atomic E-state index is 0.295. The Kier molecular flexibility index (Phi) is 3.19. The fourth-order valence-electron chi connectivity index (χ4n) is 0.949. The molecule has 0 aliphatic carbocycles. The standard InChI is InChI=1S/C11H10ClN3/c1-4-11(2,3)15-10-9(12)8(7-13)5-6-14-10/h1,5-6H,2-3H3,(H,14,15). The van der Waals surface area contributed by atoms with E-state index in [0.29, 0.717) is 16.4 Å². The summed E-state index contributed by atoms with van der Waals surface area (Å²) in [5.41, 5.74) is -0.174. The molecule has 0 fully saturated rings. The van der Waals surface area contributed by atoms with Crippen molar-refractivity contribution in [2.24, 2.45) is 0 Å². The molecule has 1 rings (SSSR count). The normalized spacial score (nSPS) is 10.2. The zero-order valence-electron chi connectivity index (χ0n) is 8.50. The van der Waals surface area contributed by atoms with E-state index < -0.39 is 5.54 Å². The lowest BCUT2D eigenvalue weighted by Gasteiger charge is -2.21. The Morgan fingerprint density at radius 3 is 2.80 bits per heavy atom. The third kappa shape index (κ3) is 2.62. The minimum Gasteiger partial charge on any atom is -0.353 e. The monoisotopic (exact) mass is 219 g/mol. The van der Waals surface area contributed by atoms with Crippen LogP contribution < -0.4 is 5.32 Å². The fraction of sp³-hybridized carbons (Fsp3) is 0.273. The second-order valence-electron chi connectivity index (χ2n) is 3.53. The first-order valence-electron chi connectivity index (χ1n) is 4.31.